The summed E-state index contributed by atoms with van der Waals surface area (Å²) in [6.45, 7) is 5.28. The number of ketones is 3. The minimum atomic E-state index is -0.754. The molecule has 0 N–H and O–H groups in total. The highest BCUT2D eigenvalue weighted by molar-refractivity contribution is 6.14. The first kappa shape index (κ1) is 15.3. The van der Waals surface area contributed by atoms with E-state index in [1.54, 1.807) is 38.1 Å². The fourth-order valence-corrected chi connectivity index (χ4v) is 1.73. The predicted molar refractivity (Wildman–Crippen MR) is 74.0 cm³/mol. The van der Waals surface area contributed by atoms with Crippen LogP contribution in [0, 0.1) is 11.8 Å². The van der Waals surface area contributed by atoms with Crippen LogP contribution in [0.3, 0.4) is 0 Å². The fourth-order valence-electron chi connectivity index (χ4n) is 1.73. The molecular weight excluding hydrogens is 240 g/mol. The molecule has 0 aliphatic carbocycles. The van der Waals surface area contributed by atoms with Crippen molar-refractivity contribution < 1.29 is 14.4 Å². The fraction of sp³-hybridized carbons (Fsp3) is 0.438. The molecule has 0 amide bonds. The first-order valence-corrected chi connectivity index (χ1v) is 6.62. The highest BCUT2D eigenvalue weighted by atomic mass is 16.2. The second-order valence-corrected chi connectivity index (χ2v) is 4.87. The van der Waals surface area contributed by atoms with E-state index in [-0.39, 0.29) is 29.7 Å². The van der Waals surface area contributed by atoms with Gasteiger partial charge in [-0.25, -0.2) is 0 Å². The summed E-state index contributed by atoms with van der Waals surface area (Å²) in [7, 11) is 0. The van der Waals surface area contributed by atoms with Gasteiger partial charge in [0.2, 0.25) is 0 Å². The molecule has 0 heterocycles. The van der Waals surface area contributed by atoms with Crippen molar-refractivity contribution >= 4 is 17.3 Å². The second kappa shape index (κ2) is 6.98. The van der Waals surface area contributed by atoms with Gasteiger partial charge in [-0.15, -0.1) is 0 Å². The van der Waals surface area contributed by atoms with Gasteiger partial charge in [-0.2, -0.15) is 0 Å². The number of benzene rings is 1. The number of hydrogen-bond donors (Lipinski definition) is 0. The van der Waals surface area contributed by atoms with Crippen molar-refractivity contribution in [3.8, 4) is 0 Å². The van der Waals surface area contributed by atoms with Crippen molar-refractivity contribution in [2.24, 2.45) is 11.8 Å². The van der Waals surface area contributed by atoms with E-state index in [0.717, 1.165) is 0 Å². The summed E-state index contributed by atoms with van der Waals surface area (Å²) in [4.78, 5) is 35.7. The molecular formula is C16H20O3. The van der Waals surface area contributed by atoms with E-state index in [1.807, 2.05) is 13.0 Å². The lowest BCUT2D eigenvalue weighted by Gasteiger charge is -2.11. The highest BCUT2D eigenvalue weighted by Crippen LogP contribution is 2.14. The number of carbonyl (C=O) groups excluding carboxylic acids is 3. The van der Waals surface area contributed by atoms with Crippen molar-refractivity contribution in [2.45, 2.75) is 33.6 Å². The third kappa shape index (κ3) is 4.12. The van der Waals surface area contributed by atoms with E-state index in [0.29, 0.717) is 12.0 Å². The third-order valence-corrected chi connectivity index (χ3v) is 3.45. The number of rotatable bonds is 7. The molecule has 0 bridgehead atoms. The molecule has 1 rings (SSSR count). The average molecular weight is 260 g/mol. The lowest BCUT2D eigenvalue weighted by Crippen LogP contribution is -2.25. The van der Waals surface area contributed by atoms with Gasteiger partial charge in [0.05, 0.1) is 12.3 Å². The molecule has 1 aromatic rings. The maximum atomic E-state index is 12.1. The van der Waals surface area contributed by atoms with Crippen LogP contribution in [0.4, 0.5) is 0 Å². The minimum Gasteiger partial charge on any atom is -0.299 e. The van der Waals surface area contributed by atoms with Gasteiger partial charge >= 0.3 is 0 Å². The van der Waals surface area contributed by atoms with Gasteiger partial charge in [-0.05, 0) is 13.3 Å². The van der Waals surface area contributed by atoms with Crippen molar-refractivity contribution in [3.63, 3.8) is 0 Å². The molecule has 19 heavy (non-hydrogen) atoms. The van der Waals surface area contributed by atoms with Crippen LogP contribution in [0.15, 0.2) is 30.3 Å². The minimum absolute atomic E-state index is 0.0831. The van der Waals surface area contributed by atoms with Gasteiger partial charge < -0.3 is 0 Å². The lowest BCUT2D eigenvalue weighted by molar-refractivity contribution is -0.130. The standard InChI is InChI=1S/C16H20O3/c1-4-11(2)14(17)10-15(18)12(3)16(19)13-8-6-5-7-9-13/h5-9,11-12H,4,10H2,1-3H3. The maximum absolute atomic E-state index is 12.1. The molecule has 0 radical (unpaired) electrons. The summed E-state index contributed by atoms with van der Waals surface area (Å²) in [6.07, 6.45) is 0.571. The van der Waals surface area contributed by atoms with Crippen molar-refractivity contribution in [3.05, 3.63) is 35.9 Å². The van der Waals surface area contributed by atoms with Gasteiger partial charge in [0, 0.05) is 11.5 Å². The Balaban J connectivity index is 2.68. The number of Topliss-reactive ketones (excluding diaryl/α,β-unsaturated/α-hetero) is 3. The van der Waals surface area contributed by atoms with E-state index < -0.39 is 5.92 Å². The summed E-state index contributed by atoms with van der Waals surface area (Å²) in [5.74, 6) is -1.47. The van der Waals surface area contributed by atoms with E-state index in [9.17, 15) is 14.4 Å². The summed E-state index contributed by atoms with van der Waals surface area (Å²) < 4.78 is 0. The molecule has 0 saturated carbocycles. The van der Waals surface area contributed by atoms with E-state index >= 15 is 0 Å². The lowest BCUT2D eigenvalue weighted by atomic mass is 9.90. The molecule has 2 unspecified atom stereocenters. The van der Waals surface area contributed by atoms with Gasteiger partial charge in [0.25, 0.3) is 0 Å². The largest absolute Gasteiger partial charge is 0.299 e. The topological polar surface area (TPSA) is 51.2 Å². The van der Waals surface area contributed by atoms with Crippen LogP contribution in [0.25, 0.3) is 0 Å². The first-order chi connectivity index (χ1) is 8.97. The zero-order valence-corrected chi connectivity index (χ0v) is 11.7. The van der Waals surface area contributed by atoms with Crippen LogP contribution in [0.1, 0.15) is 44.0 Å². The SMILES string of the molecule is CCC(C)C(=O)CC(=O)C(C)C(=O)c1ccccc1. The molecule has 1 aromatic carbocycles. The van der Waals surface area contributed by atoms with E-state index in [1.165, 1.54) is 0 Å². The zero-order chi connectivity index (χ0) is 14.4. The zero-order valence-electron chi connectivity index (χ0n) is 11.7. The highest BCUT2D eigenvalue weighted by Gasteiger charge is 2.25. The Bertz CT molecular complexity index is 462. The van der Waals surface area contributed by atoms with E-state index in [2.05, 4.69) is 0 Å². The van der Waals surface area contributed by atoms with Crippen LogP contribution in [0.5, 0.6) is 0 Å². The molecule has 3 nitrogen and oxygen atoms in total. The molecule has 0 aliphatic rings. The van der Waals surface area contributed by atoms with Gasteiger partial charge in [0.1, 0.15) is 5.78 Å². The number of carbonyl (C=O) groups is 3. The molecule has 2 atom stereocenters. The predicted octanol–water partition coefficient (Wildman–Crippen LogP) is 3.08. The van der Waals surface area contributed by atoms with Crippen molar-refractivity contribution in [1.29, 1.82) is 0 Å². The Morgan fingerprint density at radius 3 is 2.11 bits per heavy atom. The van der Waals surface area contributed by atoms with Gasteiger partial charge in [-0.3, -0.25) is 14.4 Å². The Morgan fingerprint density at radius 2 is 1.58 bits per heavy atom. The average Bonchev–Trinajstić information content (AvgIpc) is 2.45. The Kier molecular flexibility index (Phi) is 5.61. The van der Waals surface area contributed by atoms with Crippen LogP contribution in [0.2, 0.25) is 0 Å². The monoisotopic (exact) mass is 260 g/mol. The Morgan fingerprint density at radius 1 is 1.00 bits per heavy atom. The van der Waals surface area contributed by atoms with Crippen LogP contribution < -0.4 is 0 Å². The molecule has 0 aliphatic heterocycles. The van der Waals surface area contributed by atoms with Crippen molar-refractivity contribution in [1.82, 2.24) is 0 Å². The Labute approximate surface area is 114 Å². The van der Waals surface area contributed by atoms with Gasteiger partial charge in [0.15, 0.2) is 11.6 Å². The third-order valence-electron chi connectivity index (χ3n) is 3.45. The van der Waals surface area contributed by atoms with Gasteiger partial charge in [-0.1, -0.05) is 44.2 Å². The smallest absolute Gasteiger partial charge is 0.173 e. The van der Waals surface area contributed by atoms with Crippen LogP contribution in [-0.4, -0.2) is 17.3 Å². The summed E-state index contributed by atoms with van der Waals surface area (Å²) in [5.41, 5.74) is 0.513. The molecule has 0 aromatic heterocycles. The van der Waals surface area contributed by atoms with E-state index in [4.69, 9.17) is 0 Å². The summed E-state index contributed by atoms with van der Waals surface area (Å²) >= 11 is 0. The Hall–Kier alpha value is -1.77. The van der Waals surface area contributed by atoms with Crippen molar-refractivity contribution in [2.75, 3.05) is 0 Å². The first-order valence-electron chi connectivity index (χ1n) is 6.62. The molecule has 0 spiro atoms. The summed E-state index contributed by atoms with van der Waals surface area (Å²) in [5, 5.41) is 0. The maximum Gasteiger partial charge on any atom is 0.173 e. The molecule has 0 fully saturated rings. The van der Waals surface area contributed by atoms with Crippen LogP contribution >= 0.6 is 0 Å². The number of hydrogen-bond acceptors (Lipinski definition) is 3. The normalized spacial score (nSPS) is 13.6. The quantitative estimate of drug-likeness (QED) is 0.559. The molecule has 0 saturated heterocycles. The molecule has 3 heteroatoms. The molecule has 102 valence electrons. The van der Waals surface area contributed by atoms with Crippen LogP contribution in [-0.2, 0) is 9.59 Å². The second-order valence-electron chi connectivity index (χ2n) is 4.87. The summed E-state index contributed by atoms with van der Waals surface area (Å²) in [6, 6.07) is 8.70.